The van der Waals surface area contributed by atoms with Gasteiger partial charge in [-0.1, -0.05) is 0 Å². The van der Waals surface area contributed by atoms with Crippen molar-refractivity contribution in [3.8, 4) is 0 Å². The number of rotatable bonds is 5. The molecule has 0 heterocycles. The quantitative estimate of drug-likeness (QED) is 0.618. The highest BCUT2D eigenvalue weighted by Gasteiger charge is 2.29. The zero-order valence-corrected chi connectivity index (χ0v) is 9.92. The summed E-state index contributed by atoms with van der Waals surface area (Å²) in [6.07, 6.45) is 2.27. The molecule has 0 amide bonds. The fourth-order valence-corrected chi connectivity index (χ4v) is 1.90. The van der Waals surface area contributed by atoms with Crippen molar-refractivity contribution in [3.05, 3.63) is 33.9 Å². The summed E-state index contributed by atoms with van der Waals surface area (Å²) in [6, 6.07) is 4.08. The first-order valence-electron chi connectivity index (χ1n) is 5.77. The Labute approximate surface area is 104 Å². The summed E-state index contributed by atoms with van der Waals surface area (Å²) in [5.74, 6) is -0.608. The van der Waals surface area contributed by atoms with Crippen LogP contribution in [0.2, 0.25) is 0 Å². The van der Waals surface area contributed by atoms with Gasteiger partial charge in [0.1, 0.15) is 5.69 Å². The van der Waals surface area contributed by atoms with Gasteiger partial charge in [-0.15, -0.1) is 0 Å². The van der Waals surface area contributed by atoms with Gasteiger partial charge >= 0.3 is 5.97 Å². The molecule has 0 aromatic heterocycles. The minimum Gasteiger partial charge on any atom is -0.478 e. The highest BCUT2D eigenvalue weighted by Crippen LogP contribution is 2.35. The predicted molar refractivity (Wildman–Crippen MR) is 65.9 cm³/mol. The number of anilines is 1. The molecule has 1 aliphatic rings. The number of nitro benzene ring substituents is 1. The average Bonchev–Trinajstić information content (AvgIpc) is 3.12. The Balaban J connectivity index is 2.27. The van der Waals surface area contributed by atoms with E-state index >= 15 is 0 Å². The molecular formula is C12H14N2O4. The van der Waals surface area contributed by atoms with Crippen LogP contribution in [0, 0.1) is 16.0 Å². The number of nitrogens with one attached hydrogen (secondary N) is 1. The van der Waals surface area contributed by atoms with Gasteiger partial charge in [0.15, 0.2) is 0 Å². The summed E-state index contributed by atoms with van der Waals surface area (Å²) in [4.78, 5) is 21.2. The summed E-state index contributed by atoms with van der Waals surface area (Å²) in [5, 5.41) is 22.8. The van der Waals surface area contributed by atoms with Crippen LogP contribution in [0.25, 0.3) is 0 Å². The van der Waals surface area contributed by atoms with Crippen LogP contribution >= 0.6 is 0 Å². The maximum atomic E-state index is 10.9. The Hall–Kier alpha value is -2.11. The van der Waals surface area contributed by atoms with Crippen LogP contribution in [-0.2, 0) is 0 Å². The monoisotopic (exact) mass is 250 g/mol. The third-order valence-corrected chi connectivity index (χ3v) is 3.15. The first-order valence-corrected chi connectivity index (χ1v) is 5.77. The number of nitrogens with zero attached hydrogens (tertiary/aromatic N) is 1. The van der Waals surface area contributed by atoms with E-state index in [0.717, 1.165) is 18.9 Å². The molecule has 0 aliphatic heterocycles. The number of aromatic carboxylic acids is 1. The molecule has 1 fully saturated rings. The molecule has 6 heteroatoms. The molecular weight excluding hydrogens is 236 g/mol. The van der Waals surface area contributed by atoms with Gasteiger partial charge in [-0.25, -0.2) is 4.79 Å². The minimum atomic E-state index is -1.17. The van der Waals surface area contributed by atoms with Crippen molar-refractivity contribution < 1.29 is 14.8 Å². The maximum absolute atomic E-state index is 10.9. The molecule has 1 aromatic rings. The van der Waals surface area contributed by atoms with Crippen molar-refractivity contribution in [2.24, 2.45) is 5.92 Å². The Kier molecular flexibility index (Phi) is 3.18. The average molecular weight is 250 g/mol. The lowest BCUT2D eigenvalue weighted by Crippen LogP contribution is -2.18. The zero-order chi connectivity index (χ0) is 13.3. The first-order chi connectivity index (χ1) is 8.49. The Bertz CT molecular complexity index is 497. The molecule has 1 aromatic carbocycles. The number of benzene rings is 1. The van der Waals surface area contributed by atoms with Gasteiger partial charge in [0.2, 0.25) is 0 Å². The number of carboxylic acid groups (broad SMARTS) is 1. The molecule has 1 atom stereocenters. The molecule has 96 valence electrons. The maximum Gasteiger partial charge on any atom is 0.335 e. The molecule has 0 bridgehead atoms. The Morgan fingerprint density at radius 2 is 2.22 bits per heavy atom. The molecule has 1 saturated carbocycles. The minimum absolute atomic E-state index is 0.0775. The first kappa shape index (κ1) is 12.3. The molecule has 1 aliphatic carbocycles. The van der Waals surface area contributed by atoms with E-state index in [4.69, 9.17) is 5.11 Å². The molecule has 0 radical (unpaired) electrons. The molecule has 2 N–H and O–H groups in total. The lowest BCUT2D eigenvalue weighted by atomic mass is 10.1. The van der Waals surface area contributed by atoms with Crippen LogP contribution in [0.15, 0.2) is 18.2 Å². The van der Waals surface area contributed by atoms with E-state index < -0.39 is 10.9 Å². The molecule has 0 spiro atoms. The van der Waals surface area contributed by atoms with Crippen LogP contribution in [0.5, 0.6) is 0 Å². The van der Waals surface area contributed by atoms with Gasteiger partial charge < -0.3 is 10.4 Å². The van der Waals surface area contributed by atoms with Crippen molar-refractivity contribution in [1.82, 2.24) is 0 Å². The normalized spacial score (nSPS) is 16.1. The summed E-state index contributed by atoms with van der Waals surface area (Å²) < 4.78 is 0. The second-order valence-corrected chi connectivity index (χ2v) is 4.56. The van der Waals surface area contributed by atoms with Gasteiger partial charge in [-0.3, -0.25) is 10.1 Å². The SMILES string of the molecule is CC(Nc1ccc(C(=O)O)cc1[N+](=O)[O-])C1CC1. The van der Waals surface area contributed by atoms with Crippen molar-refractivity contribution in [2.45, 2.75) is 25.8 Å². The predicted octanol–water partition coefficient (Wildman–Crippen LogP) is 2.50. The number of nitro groups is 1. The van der Waals surface area contributed by atoms with Crippen LogP contribution in [0.1, 0.15) is 30.1 Å². The fraction of sp³-hybridized carbons (Fsp3) is 0.417. The van der Waals surface area contributed by atoms with E-state index in [0.29, 0.717) is 11.6 Å². The number of carbonyl (C=O) groups is 1. The van der Waals surface area contributed by atoms with Gasteiger partial charge in [0, 0.05) is 12.1 Å². The van der Waals surface area contributed by atoms with Crippen LogP contribution in [-0.4, -0.2) is 22.0 Å². The summed E-state index contributed by atoms with van der Waals surface area (Å²) in [7, 11) is 0. The summed E-state index contributed by atoms with van der Waals surface area (Å²) in [6.45, 7) is 1.98. The largest absolute Gasteiger partial charge is 0.478 e. The second-order valence-electron chi connectivity index (χ2n) is 4.56. The second kappa shape index (κ2) is 4.64. The lowest BCUT2D eigenvalue weighted by molar-refractivity contribution is -0.384. The van der Waals surface area contributed by atoms with Crippen LogP contribution < -0.4 is 5.32 Å². The van der Waals surface area contributed by atoms with E-state index in [1.807, 2.05) is 6.92 Å². The third kappa shape index (κ3) is 2.58. The van der Waals surface area contributed by atoms with Crippen molar-refractivity contribution in [2.75, 3.05) is 5.32 Å². The van der Waals surface area contributed by atoms with Crippen molar-refractivity contribution in [3.63, 3.8) is 0 Å². The standard InChI is InChI=1S/C12H14N2O4/c1-7(8-2-3-8)13-10-5-4-9(12(15)16)6-11(10)14(17)18/h4-8,13H,2-3H2,1H3,(H,15,16). The molecule has 18 heavy (non-hydrogen) atoms. The van der Waals surface area contributed by atoms with E-state index in [-0.39, 0.29) is 17.3 Å². The third-order valence-electron chi connectivity index (χ3n) is 3.15. The number of hydrogen-bond donors (Lipinski definition) is 2. The Morgan fingerprint density at radius 3 is 2.72 bits per heavy atom. The van der Waals surface area contributed by atoms with E-state index in [1.54, 1.807) is 0 Å². The highest BCUT2D eigenvalue weighted by molar-refractivity contribution is 5.89. The molecule has 1 unspecified atom stereocenters. The molecule has 6 nitrogen and oxygen atoms in total. The van der Waals surface area contributed by atoms with Crippen LogP contribution in [0.3, 0.4) is 0 Å². The van der Waals surface area contributed by atoms with Gasteiger partial charge in [0.05, 0.1) is 10.5 Å². The fourth-order valence-electron chi connectivity index (χ4n) is 1.90. The van der Waals surface area contributed by atoms with Crippen LogP contribution in [0.4, 0.5) is 11.4 Å². The van der Waals surface area contributed by atoms with E-state index in [2.05, 4.69) is 5.32 Å². The summed E-state index contributed by atoms with van der Waals surface area (Å²) >= 11 is 0. The van der Waals surface area contributed by atoms with Crippen molar-refractivity contribution in [1.29, 1.82) is 0 Å². The zero-order valence-electron chi connectivity index (χ0n) is 9.92. The molecule has 2 rings (SSSR count). The number of carboxylic acids is 1. The lowest BCUT2D eigenvalue weighted by Gasteiger charge is -2.14. The highest BCUT2D eigenvalue weighted by atomic mass is 16.6. The Morgan fingerprint density at radius 1 is 1.56 bits per heavy atom. The van der Waals surface area contributed by atoms with Gasteiger partial charge in [0.25, 0.3) is 5.69 Å². The van der Waals surface area contributed by atoms with Gasteiger partial charge in [-0.05, 0) is 37.8 Å². The summed E-state index contributed by atoms with van der Waals surface area (Å²) in [5.41, 5.74) is 0.109. The smallest absolute Gasteiger partial charge is 0.335 e. The number of hydrogen-bond acceptors (Lipinski definition) is 4. The molecule has 0 saturated heterocycles. The van der Waals surface area contributed by atoms with Gasteiger partial charge in [-0.2, -0.15) is 0 Å². The van der Waals surface area contributed by atoms with E-state index in [1.165, 1.54) is 12.1 Å². The topological polar surface area (TPSA) is 92.5 Å². The van der Waals surface area contributed by atoms with Crippen molar-refractivity contribution >= 4 is 17.3 Å². The van der Waals surface area contributed by atoms with E-state index in [9.17, 15) is 14.9 Å².